The molecule has 1 saturated heterocycles. The Morgan fingerprint density at radius 3 is 2.70 bits per heavy atom. The Balaban J connectivity index is 0.00000261. The molecule has 146 valence electrons. The predicted octanol–water partition coefficient (Wildman–Crippen LogP) is 3.73. The fourth-order valence-electron chi connectivity index (χ4n) is 2.86. The first-order valence-electron chi connectivity index (χ1n) is 8.48. The summed E-state index contributed by atoms with van der Waals surface area (Å²) >= 11 is 6.13. The first-order chi connectivity index (χ1) is 12.7. The molecule has 0 unspecified atom stereocenters. The van der Waals surface area contributed by atoms with Gasteiger partial charge in [0.15, 0.2) is 5.96 Å². The van der Waals surface area contributed by atoms with Gasteiger partial charge in [0.2, 0.25) is 0 Å². The Morgan fingerprint density at radius 1 is 1.26 bits per heavy atom. The molecule has 0 atom stereocenters. The van der Waals surface area contributed by atoms with Crippen LogP contribution in [0.3, 0.4) is 0 Å². The molecule has 0 saturated carbocycles. The van der Waals surface area contributed by atoms with Crippen molar-refractivity contribution in [1.82, 2.24) is 0 Å². The number of para-hydroxylation sites is 1. The van der Waals surface area contributed by atoms with Crippen LogP contribution in [-0.2, 0) is 11.3 Å². The van der Waals surface area contributed by atoms with Crippen LogP contribution in [0.25, 0.3) is 0 Å². The van der Waals surface area contributed by atoms with Crippen molar-refractivity contribution in [2.45, 2.75) is 6.54 Å². The molecule has 1 fully saturated rings. The number of ether oxygens (including phenoxy) is 2. The summed E-state index contributed by atoms with van der Waals surface area (Å²) in [6.45, 7) is 3.77. The molecule has 1 aliphatic rings. The highest BCUT2D eigenvalue weighted by molar-refractivity contribution is 14.0. The van der Waals surface area contributed by atoms with Gasteiger partial charge >= 0.3 is 0 Å². The van der Waals surface area contributed by atoms with Crippen LogP contribution in [-0.4, -0.2) is 39.4 Å². The molecule has 1 heterocycles. The fraction of sp³-hybridized carbons (Fsp3) is 0.316. The largest absolute Gasteiger partial charge is 0.495 e. The fourth-order valence-corrected chi connectivity index (χ4v) is 3.12. The minimum atomic E-state index is 0. The summed E-state index contributed by atoms with van der Waals surface area (Å²) in [5.74, 6) is 0.954. The van der Waals surface area contributed by atoms with Gasteiger partial charge in [-0.05, 0) is 29.8 Å². The van der Waals surface area contributed by atoms with Gasteiger partial charge in [-0.15, -0.1) is 24.0 Å². The zero-order valence-electron chi connectivity index (χ0n) is 15.2. The predicted molar refractivity (Wildman–Crippen MR) is 122 cm³/mol. The van der Waals surface area contributed by atoms with E-state index in [0.717, 1.165) is 37.6 Å². The van der Waals surface area contributed by atoms with Gasteiger partial charge in [0, 0.05) is 24.5 Å². The number of hydrogen-bond acceptors (Lipinski definition) is 4. The standard InChI is InChI=1S/C19H23ClN4O2.HI/c1-25-18-7-6-15(12-16(18)20)23-19(21)22-13-14-4-2-3-5-17(14)24-8-10-26-11-9-24;/h2-7,12H,8-11,13H2,1H3,(H3,21,22,23);1H. The second-order valence-electron chi connectivity index (χ2n) is 5.90. The molecule has 0 aromatic heterocycles. The number of hydrogen-bond donors (Lipinski definition) is 2. The number of halogens is 2. The molecule has 3 rings (SSSR count). The van der Waals surface area contributed by atoms with E-state index in [0.29, 0.717) is 23.3 Å². The van der Waals surface area contributed by atoms with Crippen molar-refractivity contribution < 1.29 is 9.47 Å². The van der Waals surface area contributed by atoms with Crippen LogP contribution in [0.15, 0.2) is 47.5 Å². The monoisotopic (exact) mass is 502 g/mol. The minimum absolute atomic E-state index is 0. The number of benzene rings is 2. The van der Waals surface area contributed by atoms with Crippen molar-refractivity contribution in [2.24, 2.45) is 10.7 Å². The van der Waals surface area contributed by atoms with Crippen molar-refractivity contribution in [1.29, 1.82) is 0 Å². The molecule has 0 spiro atoms. The van der Waals surface area contributed by atoms with Crippen LogP contribution in [0.1, 0.15) is 5.56 Å². The molecule has 2 aromatic carbocycles. The van der Waals surface area contributed by atoms with Crippen molar-refractivity contribution in [3.63, 3.8) is 0 Å². The lowest BCUT2D eigenvalue weighted by atomic mass is 10.1. The molecule has 1 aliphatic heterocycles. The van der Waals surface area contributed by atoms with Crippen molar-refractivity contribution in [3.05, 3.63) is 53.1 Å². The molecule has 3 N–H and O–H groups in total. The van der Waals surface area contributed by atoms with Gasteiger partial charge in [0.1, 0.15) is 5.75 Å². The molecule has 27 heavy (non-hydrogen) atoms. The highest BCUT2D eigenvalue weighted by atomic mass is 127. The van der Waals surface area contributed by atoms with Gasteiger partial charge < -0.3 is 25.4 Å². The SMILES string of the molecule is COc1ccc(NC(N)=NCc2ccccc2N2CCOCC2)cc1Cl.I. The summed E-state index contributed by atoms with van der Waals surface area (Å²) in [6, 6.07) is 13.6. The number of methoxy groups -OCH3 is 1. The number of nitrogens with two attached hydrogens (primary N) is 1. The summed E-state index contributed by atoms with van der Waals surface area (Å²) in [4.78, 5) is 6.79. The highest BCUT2D eigenvalue weighted by Gasteiger charge is 2.14. The average Bonchev–Trinajstić information content (AvgIpc) is 2.67. The summed E-state index contributed by atoms with van der Waals surface area (Å²) in [7, 11) is 1.58. The van der Waals surface area contributed by atoms with E-state index < -0.39 is 0 Å². The molecule has 8 heteroatoms. The van der Waals surface area contributed by atoms with Gasteiger partial charge in [0.05, 0.1) is 31.9 Å². The lowest BCUT2D eigenvalue weighted by Crippen LogP contribution is -2.36. The Hall–Kier alpha value is -1.71. The maximum atomic E-state index is 6.13. The first-order valence-corrected chi connectivity index (χ1v) is 8.86. The van der Waals surface area contributed by atoms with Gasteiger partial charge in [0.25, 0.3) is 0 Å². The lowest BCUT2D eigenvalue weighted by molar-refractivity contribution is 0.122. The van der Waals surface area contributed by atoms with Gasteiger partial charge in [-0.2, -0.15) is 0 Å². The van der Waals surface area contributed by atoms with Gasteiger partial charge in [-0.1, -0.05) is 29.8 Å². The average molecular weight is 503 g/mol. The summed E-state index contributed by atoms with van der Waals surface area (Å²) in [5.41, 5.74) is 9.11. The molecule has 0 aliphatic carbocycles. The number of guanidine groups is 1. The van der Waals surface area contributed by atoms with E-state index in [1.807, 2.05) is 18.2 Å². The van der Waals surface area contributed by atoms with Crippen LogP contribution in [0.4, 0.5) is 11.4 Å². The Kier molecular flexibility index (Phi) is 8.46. The lowest BCUT2D eigenvalue weighted by Gasteiger charge is -2.30. The molecular formula is C19H24ClIN4O2. The third kappa shape index (κ3) is 5.88. The Bertz CT molecular complexity index is 782. The van der Waals surface area contributed by atoms with E-state index in [4.69, 9.17) is 26.8 Å². The molecule has 2 aromatic rings. The highest BCUT2D eigenvalue weighted by Crippen LogP contribution is 2.27. The zero-order chi connectivity index (χ0) is 18.4. The van der Waals surface area contributed by atoms with Crippen molar-refractivity contribution in [2.75, 3.05) is 43.6 Å². The number of rotatable bonds is 5. The van der Waals surface area contributed by atoms with Crippen LogP contribution in [0, 0.1) is 0 Å². The van der Waals surface area contributed by atoms with E-state index in [-0.39, 0.29) is 24.0 Å². The summed E-state index contributed by atoms with van der Waals surface area (Å²) in [5, 5.41) is 3.57. The zero-order valence-corrected chi connectivity index (χ0v) is 18.2. The molecule has 6 nitrogen and oxygen atoms in total. The topological polar surface area (TPSA) is 72.1 Å². The van der Waals surface area contributed by atoms with E-state index in [9.17, 15) is 0 Å². The number of nitrogens with zero attached hydrogens (tertiary/aromatic N) is 2. The summed E-state index contributed by atoms with van der Waals surface area (Å²) < 4.78 is 10.6. The van der Waals surface area contributed by atoms with E-state index in [1.165, 1.54) is 5.69 Å². The van der Waals surface area contributed by atoms with Crippen LogP contribution in [0.5, 0.6) is 5.75 Å². The quantitative estimate of drug-likeness (QED) is 0.370. The maximum absolute atomic E-state index is 6.13. The van der Waals surface area contributed by atoms with E-state index in [1.54, 1.807) is 19.2 Å². The normalized spacial score (nSPS) is 14.4. The van der Waals surface area contributed by atoms with E-state index in [2.05, 4.69) is 27.3 Å². The smallest absolute Gasteiger partial charge is 0.193 e. The Labute approximate surface area is 181 Å². The third-order valence-corrected chi connectivity index (χ3v) is 4.48. The number of morpholine rings is 1. The second-order valence-corrected chi connectivity index (χ2v) is 6.31. The molecule has 0 amide bonds. The van der Waals surface area contributed by atoms with Crippen molar-refractivity contribution >= 4 is 52.9 Å². The van der Waals surface area contributed by atoms with Crippen molar-refractivity contribution in [3.8, 4) is 5.75 Å². The van der Waals surface area contributed by atoms with Gasteiger partial charge in [-0.25, -0.2) is 4.99 Å². The Morgan fingerprint density at radius 2 is 2.00 bits per heavy atom. The number of anilines is 2. The number of aliphatic imine (C=N–C) groups is 1. The van der Waals surface area contributed by atoms with Crippen LogP contribution in [0.2, 0.25) is 5.02 Å². The third-order valence-electron chi connectivity index (χ3n) is 4.19. The molecule has 0 bridgehead atoms. The second kappa shape index (κ2) is 10.6. The summed E-state index contributed by atoms with van der Waals surface area (Å²) in [6.07, 6.45) is 0. The van der Waals surface area contributed by atoms with Crippen LogP contribution >= 0.6 is 35.6 Å². The van der Waals surface area contributed by atoms with Gasteiger partial charge in [-0.3, -0.25) is 0 Å². The first kappa shape index (κ1) is 21.6. The molecular weight excluding hydrogens is 479 g/mol. The maximum Gasteiger partial charge on any atom is 0.193 e. The van der Waals surface area contributed by atoms with E-state index >= 15 is 0 Å². The molecule has 0 radical (unpaired) electrons. The van der Waals surface area contributed by atoms with Crippen LogP contribution < -0.4 is 20.7 Å². The number of nitrogens with one attached hydrogen (secondary N) is 1. The minimum Gasteiger partial charge on any atom is -0.495 e.